The first kappa shape index (κ1) is 23.8. The van der Waals surface area contributed by atoms with Crippen molar-refractivity contribution in [1.29, 1.82) is 0 Å². The van der Waals surface area contributed by atoms with E-state index in [0.717, 1.165) is 6.42 Å². The molecule has 5 heteroatoms. The molecular formula is C25H34N2O3. The van der Waals surface area contributed by atoms with Crippen molar-refractivity contribution >= 4 is 11.7 Å². The lowest BCUT2D eigenvalue weighted by atomic mass is 9.80. The highest BCUT2D eigenvalue weighted by molar-refractivity contribution is 6.38. The summed E-state index contributed by atoms with van der Waals surface area (Å²) in [7, 11) is 0. The van der Waals surface area contributed by atoms with Gasteiger partial charge in [0.15, 0.2) is 0 Å². The number of carbonyl (C=O) groups is 2. The molecule has 162 valence electrons. The van der Waals surface area contributed by atoms with Crippen molar-refractivity contribution in [3.8, 4) is 0 Å². The fourth-order valence-electron chi connectivity index (χ4n) is 3.66. The van der Waals surface area contributed by atoms with Crippen LogP contribution >= 0.6 is 0 Å². The Bertz CT molecular complexity index is 789. The standard InChI is InChI=1S/C25H34N2O3/c1-6-13-21(27-24(3,4)5)22(28)23(29)26-18(2)25(30,19-14-9-7-10-15-19)20-16-11-8-12-17-20/h7-12,14-18,21,27,30H,6,13H2,1-5H3,(H,26,29). The molecule has 2 unspecified atom stereocenters. The number of rotatable bonds is 9. The monoisotopic (exact) mass is 410 g/mol. The first-order chi connectivity index (χ1) is 14.1. The van der Waals surface area contributed by atoms with Crippen molar-refractivity contribution < 1.29 is 14.7 Å². The third-order valence-corrected chi connectivity index (χ3v) is 5.13. The van der Waals surface area contributed by atoms with Crippen LogP contribution in [0.15, 0.2) is 60.7 Å². The molecule has 0 fully saturated rings. The predicted molar refractivity (Wildman–Crippen MR) is 120 cm³/mol. The van der Waals surface area contributed by atoms with E-state index in [2.05, 4.69) is 10.6 Å². The molecule has 0 bridgehead atoms. The minimum Gasteiger partial charge on any atom is -0.378 e. The third-order valence-electron chi connectivity index (χ3n) is 5.13. The molecular weight excluding hydrogens is 376 g/mol. The summed E-state index contributed by atoms with van der Waals surface area (Å²) < 4.78 is 0. The molecule has 0 aliphatic rings. The summed E-state index contributed by atoms with van der Waals surface area (Å²) in [5, 5.41) is 17.7. The van der Waals surface area contributed by atoms with Crippen molar-refractivity contribution in [2.24, 2.45) is 0 Å². The molecule has 0 aliphatic carbocycles. The molecule has 5 nitrogen and oxygen atoms in total. The molecule has 0 aromatic heterocycles. The number of benzene rings is 2. The van der Waals surface area contributed by atoms with E-state index in [0.29, 0.717) is 17.5 Å². The molecule has 2 rings (SSSR count). The minimum atomic E-state index is -1.48. The largest absolute Gasteiger partial charge is 0.378 e. The summed E-state index contributed by atoms with van der Waals surface area (Å²) in [6, 6.07) is 17.1. The average molecular weight is 411 g/mol. The SMILES string of the molecule is CCCC(NC(C)(C)C)C(=O)C(=O)NC(C)C(O)(c1ccccc1)c1ccccc1. The summed E-state index contributed by atoms with van der Waals surface area (Å²) in [6.07, 6.45) is 1.35. The lowest BCUT2D eigenvalue weighted by Crippen LogP contribution is -2.56. The number of carbonyl (C=O) groups excluding carboxylic acids is 2. The molecule has 0 heterocycles. The van der Waals surface area contributed by atoms with Crippen LogP contribution < -0.4 is 10.6 Å². The van der Waals surface area contributed by atoms with Gasteiger partial charge in [0.25, 0.3) is 5.91 Å². The predicted octanol–water partition coefficient (Wildman–Crippen LogP) is 3.55. The maximum Gasteiger partial charge on any atom is 0.289 e. The summed E-state index contributed by atoms with van der Waals surface area (Å²) in [4.78, 5) is 25.7. The van der Waals surface area contributed by atoms with Gasteiger partial charge in [0.1, 0.15) is 5.60 Å². The van der Waals surface area contributed by atoms with Gasteiger partial charge in [-0.3, -0.25) is 9.59 Å². The molecule has 3 N–H and O–H groups in total. The highest BCUT2D eigenvalue weighted by Crippen LogP contribution is 2.33. The Balaban J connectivity index is 2.30. The van der Waals surface area contributed by atoms with Gasteiger partial charge >= 0.3 is 0 Å². The van der Waals surface area contributed by atoms with Gasteiger partial charge in [0, 0.05) is 5.54 Å². The van der Waals surface area contributed by atoms with Gasteiger partial charge in [0.05, 0.1) is 12.1 Å². The molecule has 0 saturated carbocycles. The average Bonchev–Trinajstić information content (AvgIpc) is 2.72. The zero-order valence-electron chi connectivity index (χ0n) is 18.6. The van der Waals surface area contributed by atoms with E-state index in [-0.39, 0.29) is 5.54 Å². The Morgan fingerprint density at radius 1 is 0.933 bits per heavy atom. The van der Waals surface area contributed by atoms with Gasteiger partial charge in [-0.25, -0.2) is 0 Å². The number of Topliss-reactive ketones (excluding diaryl/α,β-unsaturated/α-hetero) is 1. The summed E-state index contributed by atoms with van der Waals surface area (Å²) in [5.74, 6) is -1.20. The second-order valence-electron chi connectivity index (χ2n) is 8.79. The van der Waals surface area contributed by atoms with Crippen LogP contribution in [0.25, 0.3) is 0 Å². The van der Waals surface area contributed by atoms with Gasteiger partial charge in [-0.1, -0.05) is 74.0 Å². The van der Waals surface area contributed by atoms with Crippen LogP contribution in [-0.2, 0) is 15.2 Å². The number of ketones is 1. The number of nitrogens with one attached hydrogen (secondary N) is 2. The minimum absolute atomic E-state index is 0.295. The zero-order chi connectivity index (χ0) is 22.4. The zero-order valence-corrected chi connectivity index (χ0v) is 18.6. The first-order valence-electron chi connectivity index (χ1n) is 10.6. The van der Waals surface area contributed by atoms with E-state index in [9.17, 15) is 14.7 Å². The molecule has 30 heavy (non-hydrogen) atoms. The fraction of sp³-hybridized carbons (Fsp3) is 0.440. The van der Waals surface area contributed by atoms with Crippen molar-refractivity contribution in [2.75, 3.05) is 0 Å². The lowest BCUT2D eigenvalue weighted by molar-refractivity contribution is -0.140. The van der Waals surface area contributed by atoms with Crippen LogP contribution in [0.2, 0.25) is 0 Å². The Labute approximate surface area is 179 Å². The lowest BCUT2D eigenvalue weighted by Gasteiger charge is -2.36. The molecule has 2 atom stereocenters. The molecule has 0 aliphatic heterocycles. The van der Waals surface area contributed by atoms with Crippen molar-refractivity contribution in [3.63, 3.8) is 0 Å². The van der Waals surface area contributed by atoms with Gasteiger partial charge in [-0.05, 0) is 45.2 Å². The molecule has 0 spiro atoms. The summed E-state index contributed by atoms with van der Waals surface area (Å²) in [6.45, 7) is 9.60. The number of aliphatic hydroxyl groups is 1. The van der Waals surface area contributed by atoms with Crippen LogP contribution in [0.4, 0.5) is 0 Å². The summed E-state index contributed by atoms with van der Waals surface area (Å²) in [5.41, 5.74) is -0.476. The van der Waals surface area contributed by atoms with Crippen LogP contribution in [-0.4, -0.2) is 34.4 Å². The number of hydrogen-bond acceptors (Lipinski definition) is 4. The van der Waals surface area contributed by atoms with E-state index < -0.39 is 29.4 Å². The number of hydrogen-bond donors (Lipinski definition) is 3. The first-order valence-corrected chi connectivity index (χ1v) is 10.6. The third kappa shape index (κ3) is 5.77. The summed E-state index contributed by atoms with van der Waals surface area (Å²) >= 11 is 0. The van der Waals surface area contributed by atoms with Crippen molar-refractivity contribution in [2.45, 2.75) is 70.7 Å². The van der Waals surface area contributed by atoms with Crippen LogP contribution in [0.5, 0.6) is 0 Å². The Morgan fingerprint density at radius 2 is 1.40 bits per heavy atom. The molecule has 2 aromatic carbocycles. The van der Waals surface area contributed by atoms with E-state index in [4.69, 9.17) is 0 Å². The highest BCUT2D eigenvalue weighted by atomic mass is 16.3. The van der Waals surface area contributed by atoms with Crippen LogP contribution in [0, 0.1) is 0 Å². The second-order valence-corrected chi connectivity index (χ2v) is 8.79. The fourth-order valence-corrected chi connectivity index (χ4v) is 3.66. The van der Waals surface area contributed by atoms with E-state index in [1.807, 2.05) is 88.4 Å². The van der Waals surface area contributed by atoms with Crippen molar-refractivity contribution in [1.82, 2.24) is 10.6 Å². The second kappa shape index (κ2) is 10.0. The van der Waals surface area contributed by atoms with Crippen molar-refractivity contribution in [3.05, 3.63) is 71.8 Å². The Morgan fingerprint density at radius 3 is 1.80 bits per heavy atom. The van der Waals surface area contributed by atoms with E-state index in [1.165, 1.54) is 0 Å². The Hall–Kier alpha value is -2.50. The van der Waals surface area contributed by atoms with Gasteiger partial charge in [-0.2, -0.15) is 0 Å². The van der Waals surface area contributed by atoms with E-state index in [1.54, 1.807) is 6.92 Å². The normalized spacial score (nSPS) is 14.1. The number of amides is 1. The maximum absolute atomic E-state index is 12.9. The topological polar surface area (TPSA) is 78.4 Å². The quantitative estimate of drug-likeness (QED) is 0.553. The Kier molecular flexibility index (Phi) is 7.93. The maximum atomic E-state index is 12.9. The van der Waals surface area contributed by atoms with Crippen LogP contribution in [0.1, 0.15) is 58.6 Å². The molecule has 0 saturated heterocycles. The van der Waals surface area contributed by atoms with Crippen LogP contribution in [0.3, 0.4) is 0 Å². The van der Waals surface area contributed by atoms with E-state index >= 15 is 0 Å². The smallest absolute Gasteiger partial charge is 0.289 e. The molecule has 1 amide bonds. The molecule has 2 aromatic rings. The van der Waals surface area contributed by atoms with Gasteiger partial charge in [0.2, 0.25) is 5.78 Å². The van der Waals surface area contributed by atoms with Gasteiger partial charge < -0.3 is 15.7 Å². The highest BCUT2D eigenvalue weighted by Gasteiger charge is 2.40. The molecule has 0 radical (unpaired) electrons. The van der Waals surface area contributed by atoms with Gasteiger partial charge in [-0.15, -0.1) is 0 Å².